The predicted molar refractivity (Wildman–Crippen MR) is 79.8 cm³/mol. The van der Waals surface area contributed by atoms with Gasteiger partial charge in [-0.25, -0.2) is 0 Å². The van der Waals surface area contributed by atoms with Crippen molar-refractivity contribution in [1.29, 1.82) is 0 Å². The quantitative estimate of drug-likeness (QED) is 0.892. The molecule has 0 bridgehead atoms. The maximum atomic E-state index is 5.57. The van der Waals surface area contributed by atoms with Crippen LogP contribution < -0.4 is 14.8 Å². The number of methoxy groups -OCH3 is 2. The molecule has 0 saturated heterocycles. The summed E-state index contributed by atoms with van der Waals surface area (Å²) in [6, 6.07) is 7.94. The standard InChI is InChI=1S/C16H21NO3/c1-10-6-16(12(3)20-10)11(2)17-13-7-14(18-4)9-15(8-13)19-5/h6-9,11,17H,1-5H3. The Kier molecular flexibility index (Phi) is 4.23. The zero-order valence-corrected chi connectivity index (χ0v) is 12.6. The molecule has 0 aliphatic heterocycles. The summed E-state index contributed by atoms with van der Waals surface area (Å²) in [4.78, 5) is 0. The lowest BCUT2D eigenvalue weighted by Crippen LogP contribution is -2.07. The van der Waals surface area contributed by atoms with Gasteiger partial charge in [0.2, 0.25) is 0 Å². The molecule has 0 fully saturated rings. The summed E-state index contributed by atoms with van der Waals surface area (Å²) >= 11 is 0. The van der Waals surface area contributed by atoms with Gasteiger partial charge in [0, 0.05) is 29.4 Å². The van der Waals surface area contributed by atoms with E-state index in [-0.39, 0.29) is 6.04 Å². The molecule has 0 spiro atoms. The molecule has 1 aromatic heterocycles. The normalized spacial score (nSPS) is 12.1. The van der Waals surface area contributed by atoms with Crippen molar-refractivity contribution >= 4 is 5.69 Å². The molecule has 1 heterocycles. The van der Waals surface area contributed by atoms with E-state index in [1.165, 1.54) is 0 Å². The number of ether oxygens (including phenoxy) is 2. The van der Waals surface area contributed by atoms with Crippen LogP contribution in [0.3, 0.4) is 0 Å². The van der Waals surface area contributed by atoms with Crippen molar-refractivity contribution in [2.24, 2.45) is 0 Å². The smallest absolute Gasteiger partial charge is 0.124 e. The molecule has 1 atom stereocenters. The second kappa shape index (κ2) is 5.90. The Morgan fingerprint density at radius 2 is 1.60 bits per heavy atom. The van der Waals surface area contributed by atoms with Gasteiger partial charge >= 0.3 is 0 Å². The van der Waals surface area contributed by atoms with Gasteiger partial charge < -0.3 is 19.2 Å². The third-order valence-electron chi connectivity index (χ3n) is 3.28. The molecule has 2 rings (SSSR count). The van der Waals surface area contributed by atoms with Gasteiger partial charge in [0.1, 0.15) is 23.0 Å². The van der Waals surface area contributed by atoms with Crippen LogP contribution >= 0.6 is 0 Å². The van der Waals surface area contributed by atoms with Crippen molar-refractivity contribution in [1.82, 2.24) is 0 Å². The van der Waals surface area contributed by atoms with E-state index in [1.54, 1.807) is 14.2 Å². The highest BCUT2D eigenvalue weighted by Crippen LogP contribution is 2.30. The predicted octanol–water partition coefficient (Wildman–Crippen LogP) is 4.09. The van der Waals surface area contributed by atoms with Crippen molar-refractivity contribution in [2.75, 3.05) is 19.5 Å². The van der Waals surface area contributed by atoms with Gasteiger partial charge in [-0.05, 0) is 26.8 Å². The molecule has 20 heavy (non-hydrogen) atoms. The lowest BCUT2D eigenvalue weighted by atomic mass is 10.1. The number of hydrogen-bond donors (Lipinski definition) is 1. The van der Waals surface area contributed by atoms with Gasteiger partial charge in [-0.2, -0.15) is 0 Å². The molecule has 2 aromatic rings. The fourth-order valence-electron chi connectivity index (χ4n) is 2.30. The van der Waals surface area contributed by atoms with Gasteiger partial charge in [-0.3, -0.25) is 0 Å². The first kappa shape index (κ1) is 14.3. The summed E-state index contributed by atoms with van der Waals surface area (Å²) in [7, 11) is 3.29. The monoisotopic (exact) mass is 275 g/mol. The van der Waals surface area contributed by atoms with Crippen LogP contribution in [0.25, 0.3) is 0 Å². The summed E-state index contributed by atoms with van der Waals surface area (Å²) in [6.07, 6.45) is 0. The minimum Gasteiger partial charge on any atom is -0.497 e. The Hall–Kier alpha value is -2.10. The lowest BCUT2D eigenvalue weighted by molar-refractivity contribution is 0.394. The third-order valence-corrected chi connectivity index (χ3v) is 3.28. The van der Waals surface area contributed by atoms with Crippen LogP contribution in [-0.4, -0.2) is 14.2 Å². The van der Waals surface area contributed by atoms with E-state index in [1.807, 2.05) is 32.0 Å². The molecule has 4 heteroatoms. The molecule has 1 N–H and O–H groups in total. The molecular weight excluding hydrogens is 254 g/mol. The Morgan fingerprint density at radius 3 is 2.05 bits per heavy atom. The minimum absolute atomic E-state index is 0.143. The number of anilines is 1. The summed E-state index contributed by atoms with van der Waals surface area (Å²) in [5, 5.41) is 3.44. The van der Waals surface area contributed by atoms with E-state index >= 15 is 0 Å². The van der Waals surface area contributed by atoms with E-state index < -0.39 is 0 Å². The highest BCUT2D eigenvalue weighted by atomic mass is 16.5. The first-order valence-electron chi connectivity index (χ1n) is 6.60. The number of furan rings is 1. The minimum atomic E-state index is 0.143. The molecular formula is C16H21NO3. The van der Waals surface area contributed by atoms with E-state index in [2.05, 4.69) is 18.3 Å². The second-order valence-corrected chi connectivity index (χ2v) is 4.84. The SMILES string of the molecule is COc1cc(NC(C)c2cc(C)oc2C)cc(OC)c1. The number of rotatable bonds is 5. The molecule has 4 nitrogen and oxygen atoms in total. The molecule has 1 unspecified atom stereocenters. The van der Waals surface area contributed by atoms with E-state index in [4.69, 9.17) is 13.9 Å². The zero-order valence-electron chi connectivity index (χ0n) is 12.6. The molecule has 0 aliphatic carbocycles. The molecule has 0 aliphatic rings. The van der Waals surface area contributed by atoms with Crippen molar-refractivity contribution in [3.8, 4) is 11.5 Å². The van der Waals surface area contributed by atoms with E-state index in [9.17, 15) is 0 Å². The van der Waals surface area contributed by atoms with Crippen LogP contribution in [-0.2, 0) is 0 Å². The van der Waals surface area contributed by atoms with Crippen LogP contribution in [0.5, 0.6) is 11.5 Å². The fraction of sp³-hybridized carbons (Fsp3) is 0.375. The van der Waals surface area contributed by atoms with E-state index in [0.717, 1.165) is 34.3 Å². The van der Waals surface area contributed by atoms with Gasteiger partial charge in [0.15, 0.2) is 0 Å². The summed E-state index contributed by atoms with van der Waals surface area (Å²) in [5.41, 5.74) is 2.11. The van der Waals surface area contributed by atoms with Crippen LogP contribution in [0, 0.1) is 13.8 Å². The zero-order chi connectivity index (χ0) is 14.7. The Bertz CT molecular complexity index is 567. The molecule has 0 amide bonds. The third kappa shape index (κ3) is 3.07. The average molecular weight is 275 g/mol. The summed E-state index contributed by atoms with van der Waals surface area (Å²) in [6.45, 7) is 6.04. The number of aryl methyl sites for hydroxylation is 2. The number of nitrogens with one attached hydrogen (secondary N) is 1. The van der Waals surface area contributed by atoms with Crippen molar-refractivity contribution < 1.29 is 13.9 Å². The molecule has 1 aromatic carbocycles. The highest BCUT2D eigenvalue weighted by Gasteiger charge is 2.13. The number of benzene rings is 1. The van der Waals surface area contributed by atoms with Crippen molar-refractivity contribution in [3.63, 3.8) is 0 Å². The van der Waals surface area contributed by atoms with Crippen LogP contribution in [0.15, 0.2) is 28.7 Å². The first-order valence-corrected chi connectivity index (χ1v) is 6.60. The maximum absolute atomic E-state index is 5.57. The average Bonchev–Trinajstić information content (AvgIpc) is 2.77. The van der Waals surface area contributed by atoms with Gasteiger partial charge in [0.25, 0.3) is 0 Å². The van der Waals surface area contributed by atoms with Crippen LogP contribution in [0.4, 0.5) is 5.69 Å². The first-order chi connectivity index (χ1) is 9.53. The highest BCUT2D eigenvalue weighted by molar-refractivity contribution is 5.55. The maximum Gasteiger partial charge on any atom is 0.124 e. The lowest BCUT2D eigenvalue weighted by Gasteiger charge is -2.16. The van der Waals surface area contributed by atoms with Gasteiger partial charge in [-0.1, -0.05) is 0 Å². The Balaban J connectivity index is 2.22. The van der Waals surface area contributed by atoms with Crippen molar-refractivity contribution in [3.05, 3.63) is 41.3 Å². The summed E-state index contributed by atoms with van der Waals surface area (Å²) < 4.78 is 16.1. The van der Waals surface area contributed by atoms with Crippen LogP contribution in [0.1, 0.15) is 30.0 Å². The number of hydrogen-bond acceptors (Lipinski definition) is 4. The van der Waals surface area contributed by atoms with Crippen molar-refractivity contribution in [2.45, 2.75) is 26.8 Å². The molecule has 0 saturated carbocycles. The summed E-state index contributed by atoms with van der Waals surface area (Å²) in [5.74, 6) is 3.39. The largest absolute Gasteiger partial charge is 0.497 e. The molecule has 0 radical (unpaired) electrons. The van der Waals surface area contributed by atoms with E-state index in [0.29, 0.717) is 0 Å². The van der Waals surface area contributed by atoms with Crippen LogP contribution in [0.2, 0.25) is 0 Å². The van der Waals surface area contributed by atoms with Gasteiger partial charge in [0.05, 0.1) is 20.3 Å². The Morgan fingerprint density at radius 1 is 1.00 bits per heavy atom. The van der Waals surface area contributed by atoms with Gasteiger partial charge in [-0.15, -0.1) is 0 Å². The molecule has 108 valence electrons. The fourth-order valence-corrected chi connectivity index (χ4v) is 2.30. The Labute approximate surface area is 119 Å². The topological polar surface area (TPSA) is 43.6 Å². The second-order valence-electron chi connectivity index (χ2n) is 4.84.